The Morgan fingerprint density at radius 3 is 3.05 bits per heavy atom. The van der Waals surface area contributed by atoms with Crippen LogP contribution in [0.25, 0.3) is 0 Å². The predicted molar refractivity (Wildman–Crippen MR) is 82.8 cm³/mol. The molecule has 2 N–H and O–H groups in total. The molecule has 1 fully saturated rings. The monoisotopic (exact) mass is 311 g/mol. The highest BCUT2D eigenvalue weighted by molar-refractivity contribution is 7.80. The third-order valence-corrected chi connectivity index (χ3v) is 3.40. The Labute approximate surface area is 127 Å². The van der Waals surface area contributed by atoms with Gasteiger partial charge in [0.2, 0.25) is 0 Å². The van der Waals surface area contributed by atoms with Gasteiger partial charge in [0.1, 0.15) is 5.75 Å². The molecule has 1 heterocycles. The van der Waals surface area contributed by atoms with Gasteiger partial charge in [-0.25, -0.2) is 0 Å². The fraction of sp³-hybridized carbons (Fsp3) is 0.462. The van der Waals surface area contributed by atoms with Crippen molar-refractivity contribution < 1.29 is 14.4 Å². The molecule has 1 aromatic carbocycles. The molecule has 8 heteroatoms. The summed E-state index contributed by atoms with van der Waals surface area (Å²) in [4.78, 5) is 10.3. The molecule has 114 valence electrons. The minimum absolute atomic E-state index is 0.0276. The van der Waals surface area contributed by atoms with Crippen molar-refractivity contribution in [3.8, 4) is 5.75 Å². The summed E-state index contributed by atoms with van der Waals surface area (Å²) in [6, 6.07) is 4.30. The first-order chi connectivity index (χ1) is 10.1. The largest absolute Gasteiger partial charge is 0.495 e. The summed E-state index contributed by atoms with van der Waals surface area (Å²) in [5.74, 6) is 0.488. The Hall–Kier alpha value is -1.93. The van der Waals surface area contributed by atoms with Gasteiger partial charge in [-0.15, -0.1) is 0 Å². The van der Waals surface area contributed by atoms with Crippen molar-refractivity contribution in [2.45, 2.75) is 18.9 Å². The second-order valence-electron chi connectivity index (χ2n) is 4.61. The topological polar surface area (TPSA) is 85.7 Å². The van der Waals surface area contributed by atoms with E-state index in [-0.39, 0.29) is 11.8 Å². The number of methoxy groups -OCH3 is 1. The van der Waals surface area contributed by atoms with Crippen LogP contribution in [-0.2, 0) is 4.74 Å². The van der Waals surface area contributed by atoms with Gasteiger partial charge in [0.25, 0.3) is 5.69 Å². The van der Waals surface area contributed by atoms with E-state index < -0.39 is 4.92 Å². The van der Waals surface area contributed by atoms with Crippen LogP contribution in [0.1, 0.15) is 12.8 Å². The minimum Gasteiger partial charge on any atom is -0.495 e. The SMILES string of the molecule is COc1ccc([N+](=O)[O-])cc1NC(=S)NC[C@@H]1CCCO1. The first-order valence-corrected chi connectivity index (χ1v) is 7.00. The standard InChI is InChI=1S/C13H17N3O4S/c1-19-12-5-4-9(16(17)18)7-11(12)15-13(21)14-8-10-3-2-6-20-10/h4-5,7,10H,2-3,6,8H2,1H3,(H2,14,15,21)/t10-/m0/s1. The van der Waals surface area contributed by atoms with Crippen molar-refractivity contribution in [3.63, 3.8) is 0 Å². The molecule has 0 bridgehead atoms. The van der Waals surface area contributed by atoms with E-state index in [2.05, 4.69) is 10.6 Å². The number of thiocarbonyl (C=S) groups is 1. The van der Waals surface area contributed by atoms with E-state index in [0.29, 0.717) is 23.1 Å². The van der Waals surface area contributed by atoms with Gasteiger partial charge in [0, 0.05) is 25.3 Å². The zero-order chi connectivity index (χ0) is 15.2. The number of rotatable bonds is 5. The Morgan fingerprint density at radius 1 is 1.62 bits per heavy atom. The molecule has 1 aromatic rings. The van der Waals surface area contributed by atoms with Crippen LogP contribution < -0.4 is 15.4 Å². The van der Waals surface area contributed by atoms with Crippen LogP contribution in [0.3, 0.4) is 0 Å². The first kappa shape index (κ1) is 15.5. The lowest BCUT2D eigenvalue weighted by molar-refractivity contribution is -0.384. The van der Waals surface area contributed by atoms with Crippen LogP contribution in [-0.4, -0.2) is 36.4 Å². The number of hydrogen-bond donors (Lipinski definition) is 2. The average Bonchev–Trinajstić information content (AvgIpc) is 2.98. The summed E-state index contributed by atoms with van der Waals surface area (Å²) in [5, 5.41) is 17.1. The van der Waals surface area contributed by atoms with Gasteiger partial charge in [-0.2, -0.15) is 0 Å². The summed E-state index contributed by atoms with van der Waals surface area (Å²) >= 11 is 5.18. The third-order valence-electron chi connectivity index (χ3n) is 3.16. The smallest absolute Gasteiger partial charge is 0.271 e. The molecule has 0 saturated carbocycles. The summed E-state index contributed by atoms with van der Waals surface area (Å²) < 4.78 is 10.6. The van der Waals surface area contributed by atoms with Crippen LogP contribution >= 0.6 is 12.2 Å². The molecular formula is C13H17N3O4S. The fourth-order valence-electron chi connectivity index (χ4n) is 2.09. The van der Waals surface area contributed by atoms with Crippen molar-refractivity contribution >= 4 is 28.7 Å². The molecule has 0 aromatic heterocycles. The van der Waals surface area contributed by atoms with E-state index in [9.17, 15) is 10.1 Å². The highest BCUT2D eigenvalue weighted by Gasteiger charge is 2.16. The molecule has 2 rings (SSSR count). The molecule has 1 saturated heterocycles. The molecule has 1 aliphatic heterocycles. The number of nitro benzene ring substituents is 1. The maximum atomic E-state index is 10.8. The second-order valence-corrected chi connectivity index (χ2v) is 5.02. The summed E-state index contributed by atoms with van der Waals surface area (Å²) in [5.41, 5.74) is 0.428. The van der Waals surface area contributed by atoms with E-state index in [4.69, 9.17) is 21.7 Å². The fourth-order valence-corrected chi connectivity index (χ4v) is 2.28. The number of anilines is 1. The first-order valence-electron chi connectivity index (χ1n) is 6.59. The molecule has 1 atom stereocenters. The van der Waals surface area contributed by atoms with Crippen molar-refractivity contribution in [1.82, 2.24) is 5.32 Å². The predicted octanol–water partition coefficient (Wildman–Crippen LogP) is 2.07. The van der Waals surface area contributed by atoms with Crippen LogP contribution in [0, 0.1) is 10.1 Å². The number of nitrogens with zero attached hydrogens (tertiary/aromatic N) is 1. The maximum absolute atomic E-state index is 10.8. The summed E-state index contributed by atoms with van der Waals surface area (Å²) in [6.45, 7) is 1.40. The van der Waals surface area contributed by atoms with Crippen molar-refractivity contribution in [3.05, 3.63) is 28.3 Å². The lowest BCUT2D eigenvalue weighted by Crippen LogP contribution is -2.34. The number of nitro groups is 1. The minimum atomic E-state index is -0.465. The zero-order valence-electron chi connectivity index (χ0n) is 11.6. The molecule has 0 spiro atoms. The Bertz CT molecular complexity index is 532. The Morgan fingerprint density at radius 2 is 2.43 bits per heavy atom. The Balaban J connectivity index is 1.97. The van der Waals surface area contributed by atoms with Crippen molar-refractivity contribution in [2.75, 3.05) is 25.6 Å². The van der Waals surface area contributed by atoms with Crippen molar-refractivity contribution in [2.24, 2.45) is 0 Å². The number of benzene rings is 1. The summed E-state index contributed by atoms with van der Waals surface area (Å²) in [6.07, 6.45) is 2.23. The number of hydrogen-bond acceptors (Lipinski definition) is 5. The van der Waals surface area contributed by atoms with E-state index in [1.807, 2.05) is 0 Å². The lowest BCUT2D eigenvalue weighted by atomic mass is 10.2. The molecule has 0 aliphatic carbocycles. The highest BCUT2D eigenvalue weighted by Crippen LogP contribution is 2.28. The van der Waals surface area contributed by atoms with E-state index in [0.717, 1.165) is 19.4 Å². The van der Waals surface area contributed by atoms with Crippen LogP contribution in [0.2, 0.25) is 0 Å². The van der Waals surface area contributed by atoms with Gasteiger partial charge in [0.05, 0.1) is 23.8 Å². The maximum Gasteiger partial charge on any atom is 0.271 e. The highest BCUT2D eigenvalue weighted by atomic mass is 32.1. The zero-order valence-corrected chi connectivity index (χ0v) is 12.4. The third kappa shape index (κ3) is 4.27. The molecule has 0 amide bonds. The van der Waals surface area contributed by atoms with Gasteiger partial charge >= 0.3 is 0 Å². The van der Waals surface area contributed by atoms with Gasteiger partial charge in [-0.05, 0) is 31.1 Å². The average molecular weight is 311 g/mol. The van der Waals surface area contributed by atoms with Crippen LogP contribution in [0.4, 0.5) is 11.4 Å². The van der Waals surface area contributed by atoms with E-state index in [1.165, 1.54) is 25.3 Å². The van der Waals surface area contributed by atoms with E-state index in [1.54, 1.807) is 0 Å². The quantitative estimate of drug-likeness (QED) is 0.489. The van der Waals surface area contributed by atoms with E-state index >= 15 is 0 Å². The van der Waals surface area contributed by atoms with Crippen LogP contribution in [0.5, 0.6) is 5.75 Å². The Kier molecular flexibility index (Phi) is 5.29. The number of non-ortho nitro benzene ring substituents is 1. The van der Waals surface area contributed by atoms with Gasteiger partial charge in [-0.3, -0.25) is 10.1 Å². The molecule has 7 nitrogen and oxygen atoms in total. The van der Waals surface area contributed by atoms with Crippen molar-refractivity contribution in [1.29, 1.82) is 0 Å². The number of nitrogens with one attached hydrogen (secondary N) is 2. The second kappa shape index (κ2) is 7.19. The normalized spacial score (nSPS) is 17.3. The lowest BCUT2D eigenvalue weighted by Gasteiger charge is -2.15. The van der Waals surface area contributed by atoms with Gasteiger partial charge in [0.15, 0.2) is 5.11 Å². The van der Waals surface area contributed by atoms with Gasteiger partial charge < -0.3 is 20.1 Å². The van der Waals surface area contributed by atoms with Crippen LogP contribution in [0.15, 0.2) is 18.2 Å². The molecule has 21 heavy (non-hydrogen) atoms. The molecule has 0 unspecified atom stereocenters. The van der Waals surface area contributed by atoms with Gasteiger partial charge in [-0.1, -0.05) is 0 Å². The molecule has 1 aliphatic rings. The number of ether oxygens (including phenoxy) is 2. The molecule has 0 radical (unpaired) electrons. The molecular weight excluding hydrogens is 294 g/mol. The summed E-state index contributed by atoms with van der Waals surface area (Å²) in [7, 11) is 1.50.